The lowest BCUT2D eigenvalue weighted by Gasteiger charge is -2.17. The maximum absolute atomic E-state index is 12.2. The number of hydrogen-bond donors (Lipinski definition) is 0. The molecule has 0 aliphatic carbocycles. The molecule has 0 heterocycles. The number of rotatable bonds is 5. The minimum atomic E-state index is -1.06. The van der Waals surface area contributed by atoms with E-state index in [-0.39, 0.29) is 16.9 Å². The van der Waals surface area contributed by atoms with E-state index < -0.39 is 35.0 Å². The summed E-state index contributed by atoms with van der Waals surface area (Å²) in [6, 6.07) is 1.08. The second-order valence-corrected chi connectivity index (χ2v) is 4.22. The van der Waals surface area contributed by atoms with Gasteiger partial charge in [-0.15, -0.1) is 0 Å². The first-order valence-corrected chi connectivity index (χ1v) is 6.46. The average molecular weight is 340 g/mol. The Morgan fingerprint density at radius 1 is 0.625 bits per heavy atom. The first kappa shape index (κ1) is 18.9. The van der Waals surface area contributed by atoms with Gasteiger partial charge in [0.1, 0.15) is 11.3 Å². The molecule has 0 bridgehead atoms. The molecular formula is C15H16O9. The molecule has 0 unspecified atom stereocenters. The number of benzene rings is 1. The summed E-state index contributed by atoms with van der Waals surface area (Å²) in [7, 11) is 5.46. The third-order valence-corrected chi connectivity index (χ3v) is 3.08. The van der Waals surface area contributed by atoms with Gasteiger partial charge < -0.3 is 23.7 Å². The fraction of sp³-hybridized carbons (Fsp3) is 0.333. The third-order valence-electron chi connectivity index (χ3n) is 3.08. The molecular weight excluding hydrogens is 324 g/mol. The van der Waals surface area contributed by atoms with Crippen LogP contribution in [0.1, 0.15) is 41.4 Å². The van der Waals surface area contributed by atoms with Crippen molar-refractivity contribution in [2.45, 2.75) is 0 Å². The van der Waals surface area contributed by atoms with Crippen molar-refractivity contribution in [3.05, 3.63) is 28.3 Å². The zero-order valence-electron chi connectivity index (χ0n) is 13.8. The van der Waals surface area contributed by atoms with Crippen LogP contribution in [-0.2, 0) is 18.9 Å². The van der Waals surface area contributed by atoms with Crippen LogP contribution in [0.4, 0.5) is 0 Å². The quantitative estimate of drug-likeness (QED) is 0.568. The maximum Gasteiger partial charge on any atom is 0.342 e. The molecule has 0 aliphatic rings. The predicted molar refractivity (Wildman–Crippen MR) is 78.4 cm³/mol. The molecule has 0 aromatic heterocycles. The SMILES string of the molecule is COC(=O)c1cc(OC)c(C(=O)OC)c(C(=O)OC)c1C(=O)OC. The Labute approximate surface area is 137 Å². The fourth-order valence-electron chi connectivity index (χ4n) is 2.02. The first-order valence-electron chi connectivity index (χ1n) is 6.46. The second-order valence-electron chi connectivity index (χ2n) is 4.22. The number of carbonyl (C=O) groups excluding carboxylic acids is 4. The Bertz CT molecular complexity index is 691. The van der Waals surface area contributed by atoms with E-state index in [0.29, 0.717) is 0 Å². The van der Waals surface area contributed by atoms with Crippen molar-refractivity contribution in [2.24, 2.45) is 0 Å². The van der Waals surface area contributed by atoms with Crippen LogP contribution in [0.25, 0.3) is 0 Å². The van der Waals surface area contributed by atoms with Crippen LogP contribution in [0, 0.1) is 0 Å². The Morgan fingerprint density at radius 3 is 1.46 bits per heavy atom. The van der Waals surface area contributed by atoms with Crippen LogP contribution < -0.4 is 4.74 Å². The van der Waals surface area contributed by atoms with E-state index in [1.54, 1.807) is 0 Å². The van der Waals surface area contributed by atoms with Gasteiger partial charge in [-0.2, -0.15) is 0 Å². The lowest BCUT2D eigenvalue weighted by molar-refractivity contribution is 0.0519. The Balaban J connectivity index is 4.04. The molecule has 0 saturated carbocycles. The van der Waals surface area contributed by atoms with Gasteiger partial charge in [0.05, 0.1) is 52.2 Å². The number of ether oxygens (including phenoxy) is 5. The molecule has 1 aromatic rings. The molecule has 0 amide bonds. The molecule has 0 spiro atoms. The highest BCUT2D eigenvalue weighted by atomic mass is 16.5. The molecule has 9 nitrogen and oxygen atoms in total. The van der Waals surface area contributed by atoms with Gasteiger partial charge in [0.2, 0.25) is 0 Å². The summed E-state index contributed by atoms with van der Waals surface area (Å²) in [5.74, 6) is -4.16. The van der Waals surface area contributed by atoms with Gasteiger partial charge in [-0.25, -0.2) is 19.2 Å². The minimum Gasteiger partial charge on any atom is -0.496 e. The van der Waals surface area contributed by atoms with E-state index in [1.165, 1.54) is 7.11 Å². The van der Waals surface area contributed by atoms with Crippen LogP contribution in [0.15, 0.2) is 6.07 Å². The van der Waals surface area contributed by atoms with Gasteiger partial charge in [-0.3, -0.25) is 0 Å². The van der Waals surface area contributed by atoms with E-state index in [4.69, 9.17) is 4.74 Å². The van der Waals surface area contributed by atoms with Crippen molar-refractivity contribution in [2.75, 3.05) is 35.5 Å². The molecule has 0 fully saturated rings. The Hall–Kier alpha value is -3.10. The molecule has 1 aromatic carbocycles. The van der Waals surface area contributed by atoms with E-state index in [0.717, 1.165) is 34.5 Å². The van der Waals surface area contributed by atoms with E-state index in [9.17, 15) is 19.2 Å². The highest BCUT2D eigenvalue weighted by molar-refractivity contribution is 6.16. The summed E-state index contributed by atoms with van der Waals surface area (Å²) in [4.78, 5) is 48.4. The second kappa shape index (κ2) is 7.95. The van der Waals surface area contributed by atoms with Crippen molar-refractivity contribution in [3.8, 4) is 5.75 Å². The zero-order chi connectivity index (χ0) is 18.4. The normalized spacial score (nSPS) is 9.71. The van der Waals surface area contributed by atoms with Crippen LogP contribution in [-0.4, -0.2) is 59.4 Å². The molecule has 9 heteroatoms. The Morgan fingerprint density at radius 2 is 1.04 bits per heavy atom. The summed E-state index contributed by atoms with van der Waals surface area (Å²) >= 11 is 0. The van der Waals surface area contributed by atoms with Gasteiger partial charge in [-0.1, -0.05) is 0 Å². The standard InChI is InChI=1S/C15H16O9/c1-20-8-6-7(12(16)21-2)9(13(17)22-3)11(15(19)24-5)10(8)14(18)23-4/h6H,1-5H3. The van der Waals surface area contributed by atoms with Crippen molar-refractivity contribution in [1.82, 2.24) is 0 Å². The van der Waals surface area contributed by atoms with E-state index >= 15 is 0 Å². The number of methoxy groups -OCH3 is 5. The smallest absolute Gasteiger partial charge is 0.342 e. The summed E-state index contributed by atoms with van der Waals surface area (Å²) in [6.07, 6.45) is 0. The van der Waals surface area contributed by atoms with Crippen molar-refractivity contribution < 1.29 is 42.9 Å². The lowest BCUT2D eigenvalue weighted by Crippen LogP contribution is -2.23. The number of hydrogen-bond acceptors (Lipinski definition) is 9. The molecule has 1 rings (SSSR count). The Kier molecular flexibility index (Phi) is 6.28. The molecule has 130 valence electrons. The summed E-state index contributed by atoms with van der Waals surface area (Å²) in [5.41, 5.74) is -1.71. The molecule has 0 aliphatic heterocycles. The van der Waals surface area contributed by atoms with Gasteiger partial charge in [0, 0.05) is 0 Å². The molecule has 0 atom stereocenters. The first-order chi connectivity index (χ1) is 11.4. The molecule has 24 heavy (non-hydrogen) atoms. The predicted octanol–water partition coefficient (Wildman–Crippen LogP) is 0.842. The fourth-order valence-corrected chi connectivity index (χ4v) is 2.02. The van der Waals surface area contributed by atoms with Crippen LogP contribution >= 0.6 is 0 Å². The molecule has 0 N–H and O–H groups in total. The van der Waals surface area contributed by atoms with E-state index in [2.05, 4.69) is 18.9 Å². The maximum atomic E-state index is 12.2. The topological polar surface area (TPSA) is 114 Å². The van der Waals surface area contributed by atoms with Gasteiger partial charge >= 0.3 is 23.9 Å². The molecule has 0 radical (unpaired) electrons. The van der Waals surface area contributed by atoms with Crippen molar-refractivity contribution >= 4 is 23.9 Å². The van der Waals surface area contributed by atoms with Crippen LogP contribution in [0.5, 0.6) is 5.75 Å². The third kappa shape index (κ3) is 3.29. The van der Waals surface area contributed by atoms with Gasteiger partial charge in [0.25, 0.3) is 0 Å². The van der Waals surface area contributed by atoms with Gasteiger partial charge in [-0.05, 0) is 6.07 Å². The van der Waals surface area contributed by atoms with E-state index in [1.807, 2.05) is 0 Å². The monoisotopic (exact) mass is 340 g/mol. The number of esters is 4. The number of carbonyl (C=O) groups is 4. The highest BCUT2D eigenvalue weighted by Gasteiger charge is 2.35. The molecule has 0 saturated heterocycles. The summed E-state index contributed by atoms with van der Waals surface area (Å²) in [5, 5.41) is 0. The van der Waals surface area contributed by atoms with Crippen LogP contribution in [0.2, 0.25) is 0 Å². The zero-order valence-corrected chi connectivity index (χ0v) is 13.8. The summed E-state index contributed by atoms with van der Waals surface area (Å²) < 4.78 is 23.5. The minimum absolute atomic E-state index is 0.171. The van der Waals surface area contributed by atoms with Crippen molar-refractivity contribution in [1.29, 1.82) is 0 Å². The average Bonchev–Trinajstić information content (AvgIpc) is 2.63. The summed E-state index contributed by atoms with van der Waals surface area (Å²) in [6.45, 7) is 0. The van der Waals surface area contributed by atoms with Crippen LogP contribution in [0.3, 0.4) is 0 Å². The van der Waals surface area contributed by atoms with Crippen molar-refractivity contribution in [3.63, 3.8) is 0 Å². The highest BCUT2D eigenvalue weighted by Crippen LogP contribution is 2.31. The van der Waals surface area contributed by atoms with Gasteiger partial charge in [0.15, 0.2) is 0 Å². The largest absolute Gasteiger partial charge is 0.496 e. The lowest BCUT2D eigenvalue weighted by atomic mass is 9.94.